The first-order chi connectivity index (χ1) is 6.49. The van der Waals surface area contributed by atoms with Gasteiger partial charge in [-0.05, 0) is 33.1 Å². The monoisotopic (exact) mass is 216 g/mol. The third kappa shape index (κ3) is 11.6. The van der Waals surface area contributed by atoms with Crippen molar-refractivity contribution in [2.45, 2.75) is 47.1 Å². The van der Waals surface area contributed by atoms with Gasteiger partial charge in [-0.2, -0.15) is 0 Å². The van der Waals surface area contributed by atoms with Crippen molar-refractivity contribution in [1.29, 1.82) is 0 Å². The summed E-state index contributed by atoms with van der Waals surface area (Å²) in [6.45, 7) is 12.4. The molecule has 0 spiro atoms. The molecule has 0 aromatic rings. The standard InChI is InChI=1S/C9H18N2S.C2H6/c1-6-7-12-8(10-5)11-9(2,3)4;1-2/h6-7H,1-5H3,(H,10,11);1-2H3/b7-6+;. The van der Waals surface area contributed by atoms with Crippen molar-refractivity contribution in [1.82, 2.24) is 5.32 Å². The Bertz CT molecular complexity index is 178. The zero-order valence-corrected chi connectivity index (χ0v) is 11.3. The Kier molecular flexibility index (Phi) is 10.4. The summed E-state index contributed by atoms with van der Waals surface area (Å²) >= 11 is 1.61. The smallest absolute Gasteiger partial charge is 0.160 e. The summed E-state index contributed by atoms with van der Waals surface area (Å²) in [4.78, 5) is 4.13. The van der Waals surface area contributed by atoms with E-state index in [-0.39, 0.29) is 5.54 Å². The molecule has 0 unspecified atom stereocenters. The van der Waals surface area contributed by atoms with Gasteiger partial charge in [-0.25, -0.2) is 0 Å². The van der Waals surface area contributed by atoms with Crippen molar-refractivity contribution in [3.05, 3.63) is 11.5 Å². The van der Waals surface area contributed by atoms with E-state index >= 15 is 0 Å². The second-order valence-corrected chi connectivity index (χ2v) is 4.39. The first kappa shape index (κ1) is 16.0. The van der Waals surface area contributed by atoms with Crippen molar-refractivity contribution >= 4 is 16.9 Å². The van der Waals surface area contributed by atoms with Gasteiger partial charge in [0.15, 0.2) is 5.17 Å². The Balaban J connectivity index is 0. The molecular weight excluding hydrogens is 192 g/mol. The fraction of sp³-hybridized carbons (Fsp3) is 0.727. The maximum absolute atomic E-state index is 4.13. The van der Waals surface area contributed by atoms with E-state index < -0.39 is 0 Å². The van der Waals surface area contributed by atoms with Crippen LogP contribution in [0.4, 0.5) is 0 Å². The molecule has 0 aliphatic rings. The lowest BCUT2D eigenvalue weighted by molar-refractivity contribution is 0.515. The molecule has 0 radical (unpaired) electrons. The summed E-state index contributed by atoms with van der Waals surface area (Å²) in [6.07, 6.45) is 2.00. The van der Waals surface area contributed by atoms with Gasteiger partial charge in [0.05, 0.1) is 0 Å². The summed E-state index contributed by atoms with van der Waals surface area (Å²) in [5.41, 5.74) is 0.0867. The maximum Gasteiger partial charge on any atom is 0.160 e. The van der Waals surface area contributed by atoms with Gasteiger partial charge in [0.2, 0.25) is 0 Å². The Morgan fingerprint density at radius 1 is 1.29 bits per heavy atom. The second-order valence-electron chi connectivity index (χ2n) is 3.49. The Morgan fingerprint density at radius 2 is 1.79 bits per heavy atom. The van der Waals surface area contributed by atoms with E-state index in [1.165, 1.54) is 0 Å². The molecule has 14 heavy (non-hydrogen) atoms. The highest BCUT2D eigenvalue weighted by molar-refractivity contribution is 8.16. The first-order valence-electron chi connectivity index (χ1n) is 5.02. The van der Waals surface area contributed by atoms with Crippen LogP contribution in [0, 0.1) is 0 Å². The highest BCUT2D eigenvalue weighted by Gasteiger charge is 2.10. The molecule has 0 aliphatic heterocycles. The number of thioether (sulfide) groups is 1. The molecule has 1 N–H and O–H groups in total. The number of allylic oxidation sites excluding steroid dienone is 1. The van der Waals surface area contributed by atoms with Crippen molar-refractivity contribution in [3.8, 4) is 0 Å². The number of rotatable bonds is 1. The van der Waals surface area contributed by atoms with Gasteiger partial charge in [0.25, 0.3) is 0 Å². The van der Waals surface area contributed by atoms with Crippen molar-refractivity contribution in [2.75, 3.05) is 7.05 Å². The van der Waals surface area contributed by atoms with E-state index in [0.717, 1.165) is 5.17 Å². The molecule has 84 valence electrons. The number of hydrogen-bond donors (Lipinski definition) is 1. The second kappa shape index (κ2) is 9.13. The van der Waals surface area contributed by atoms with E-state index in [9.17, 15) is 0 Å². The van der Waals surface area contributed by atoms with Crippen LogP contribution in [-0.2, 0) is 0 Å². The molecular formula is C11H24N2S. The van der Waals surface area contributed by atoms with Crippen LogP contribution in [0.2, 0.25) is 0 Å². The van der Waals surface area contributed by atoms with Crippen molar-refractivity contribution < 1.29 is 0 Å². The molecule has 3 heteroatoms. The van der Waals surface area contributed by atoms with Gasteiger partial charge in [0, 0.05) is 12.6 Å². The van der Waals surface area contributed by atoms with Gasteiger partial charge in [0.1, 0.15) is 0 Å². The number of amidine groups is 1. The lowest BCUT2D eigenvalue weighted by atomic mass is 10.1. The molecule has 0 fully saturated rings. The number of nitrogens with one attached hydrogen (secondary N) is 1. The van der Waals surface area contributed by atoms with Crippen LogP contribution in [0.5, 0.6) is 0 Å². The molecule has 2 nitrogen and oxygen atoms in total. The molecule has 0 rings (SSSR count). The van der Waals surface area contributed by atoms with E-state index in [1.807, 2.05) is 32.3 Å². The largest absolute Gasteiger partial charge is 0.360 e. The molecule has 0 aromatic heterocycles. The average Bonchev–Trinajstić information content (AvgIpc) is 2.14. The summed E-state index contributed by atoms with van der Waals surface area (Å²) in [5, 5.41) is 6.28. The molecule has 0 bridgehead atoms. The number of hydrogen-bond acceptors (Lipinski definition) is 2. The van der Waals surface area contributed by atoms with Crippen LogP contribution >= 0.6 is 11.8 Å². The van der Waals surface area contributed by atoms with Crippen LogP contribution in [0.1, 0.15) is 41.5 Å². The van der Waals surface area contributed by atoms with Gasteiger partial charge < -0.3 is 5.32 Å². The van der Waals surface area contributed by atoms with Gasteiger partial charge in [-0.3, -0.25) is 4.99 Å². The van der Waals surface area contributed by atoms with E-state index in [1.54, 1.807) is 18.8 Å². The minimum Gasteiger partial charge on any atom is -0.360 e. The van der Waals surface area contributed by atoms with E-state index in [0.29, 0.717) is 0 Å². The molecule has 0 saturated heterocycles. The van der Waals surface area contributed by atoms with Crippen LogP contribution in [0.3, 0.4) is 0 Å². The lowest BCUT2D eigenvalue weighted by Gasteiger charge is -2.21. The summed E-state index contributed by atoms with van der Waals surface area (Å²) in [5.74, 6) is 0. The van der Waals surface area contributed by atoms with E-state index in [4.69, 9.17) is 0 Å². The quantitative estimate of drug-likeness (QED) is 0.534. The van der Waals surface area contributed by atoms with Crippen molar-refractivity contribution in [3.63, 3.8) is 0 Å². The van der Waals surface area contributed by atoms with Gasteiger partial charge in [-0.1, -0.05) is 31.7 Å². The maximum atomic E-state index is 4.13. The van der Waals surface area contributed by atoms with Crippen LogP contribution in [0.15, 0.2) is 16.5 Å². The topological polar surface area (TPSA) is 24.4 Å². The highest BCUT2D eigenvalue weighted by atomic mass is 32.2. The van der Waals surface area contributed by atoms with Crippen molar-refractivity contribution in [2.24, 2.45) is 4.99 Å². The SMILES string of the molecule is C/C=C/SC(=NC)NC(C)(C)C.CC. The first-order valence-corrected chi connectivity index (χ1v) is 5.90. The molecule has 0 heterocycles. The summed E-state index contributed by atoms with van der Waals surface area (Å²) in [7, 11) is 1.80. The normalized spacial score (nSPS) is 12.4. The highest BCUT2D eigenvalue weighted by Crippen LogP contribution is 2.08. The average molecular weight is 216 g/mol. The molecule has 0 aliphatic carbocycles. The number of nitrogens with zero attached hydrogens (tertiary/aromatic N) is 1. The summed E-state index contributed by atoms with van der Waals surface area (Å²) in [6, 6.07) is 0. The molecule has 0 atom stereocenters. The van der Waals surface area contributed by atoms with Gasteiger partial charge >= 0.3 is 0 Å². The fourth-order valence-corrected chi connectivity index (χ4v) is 1.33. The van der Waals surface area contributed by atoms with Crippen LogP contribution < -0.4 is 5.32 Å². The van der Waals surface area contributed by atoms with Gasteiger partial charge in [-0.15, -0.1) is 0 Å². The summed E-state index contributed by atoms with van der Waals surface area (Å²) < 4.78 is 0. The fourth-order valence-electron chi connectivity index (χ4n) is 0.591. The zero-order valence-electron chi connectivity index (χ0n) is 10.5. The zero-order chi connectivity index (χ0) is 11.6. The minimum atomic E-state index is 0.0867. The minimum absolute atomic E-state index is 0.0867. The molecule has 0 aromatic carbocycles. The van der Waals surface area contributed by atoms with E-state index in [2.05, 4.69) is 31.1 Å². The lowest BCUT2D eigenvalue weighted by Crippen LogP contribution is -2.39. The Morgan fingerprint density at radius 3 is 2.07 bits per heavy atom. The van der Waals surface area contributed by atoms with Crippen LogP contribution in [0.25, 0.3) is 0 Å². The molecule has 0 amide bonds. The predicted molar refractivity (Wildman–Crippen MR) is 70.0 cm³/mol. The predicted octanol–water partition coefficient (Wildman–Crippen LogP) is 3.65. The Hall–Kier alpha value is -0.440. The number of aliphatic imine (C=N–C) groups is 1. The molecule has 0 saturated carbocycles. The third-order valence-electron chi connectivity index (χ3n) is 1.00. The van der Waals surface area contributed by atoms with Crippen LogP contribution in [-0.4, -0.2) is 17.8 Å². The third-order valence-corrected chi connectivity index (χ3v) is 1.92. The Labute approximate surface area is 93.3 Å².